The van der Waals surface area contributed by atoms with Crippen molar-refractivity contribution in [3.63, 3.8) is 0 Å². The summed E-state index contributed by atoms with van der Waals surface area (Å²) in [5.74, 6) is 1.07. The first-order valence-electron chi connectivity index (χ1n) is 7.19. The molecule has 4 nitrogen and oxygen atoms in total. The molecule has 110 valence electrons. The predicted octanol–water partition coefficient (Wildman–Crippen LogP) is 4.05. The van der Waals surface area contributed by atoms with Gasteiger partial charge in [0.1, 0.15) is 0 Å². The third-order valence-corrected chi connectivity index (χ3v) is 4.95. The number of nitrogens with zero attached hydrogens (tertiary/aromatic N) is 1. The summed E-state index contributed by atoms with van der Waals surface area (Å²) >= 11 is 3.29. The molecular weight excluding hydrogens is 320 g/mol. The number of nitro benzene ring substituents is 1. The second-order valence-electron chi connectivity index (χ2n) is 5.75. The molecule has 5 heteroatoms. The fraction of sp³-hybridized carbons (Fsp3) is 0.600. The third-order valence-electron chi connectivity index (χ3n) is 4.45. The number of halogens is 1. The summed E-state index contributed by atoms with van der Waals surface area (Å²) in [5.41, 5.74) is 7.22. The van der Waals surface area contributed by atoms with E-state index in [1.807, 2.05) is 12.1 Å². The quantitative estimate of drug-likeness (QED) is 0.663. The zero-order chi connectivity index (χ0) is 14.7. The van der Waals surface area contributed by atoms with Gasteiger partial charge in [0.15, 0.2) is 0 Å². The standard InChI is InChI=1S/C15H21BrN2O2/c1-2-10-3-6-14(17)12(7-10)8-11-4-5-13(16)9-15(11)18(19)20/h4-5,9-10,12,14H,2-3,6-8,17H2,1H3. The van der Waals surface area contributed by atoms with Gasteiger partial charge in [-0.1, -0.05) is 35.3 Å². The maximum absolute atomic E-state index is 11.2. The molecule has 1 aliphatic rings. The topological polar surface area (TPSA) is 69.2 Å². The summed E-state index contributed by atoms with van der Waals surface area (Å²) in [7, 11) is 0. The summed E-state index contributed by atoms with van der Waals surface area (Å²) in [6.07, 6.45) is 5.20. The zero-order valence-corrected chi connectivity index (χ0v) is 13.3. The SMILES string of the molecule is CCC1CCC(N)C(Cc2ccc(Br)cc2[N+](=O)[O-])C1. The van der Waals surface area contributed by atoms with Gasteiger partial charge in [0.25, 0.3) is 5.69 Å². The van der Waals surface area contributed by atoms with Crippen molar-refractivity contribution in [3.8, 4) is 0 Å². The Balaban J connectivity index is 2.18. The van der Waals surface area contributed by atoms with Crippen LogP contribution in [0.25, 0.3) is 0 Å². The van der Waals surface area contributed by atoms with E-state index >= 15 is 0 Å². The predicted molar refractivity (Wildman–Crippen MR) is 83.6 cm³/mol. The molecule has 20 heavy (non-hydrogen) atoms. The molecule has 0 heterocycles. The van der Waals surface area contributed by atoms with E-state index in [0.29, 0.717) is 18.3 Å². The van der Waals surface area contributed by atoms with Crippen molar-refractivity contribution in [2.45, 2.75) is 45.1 Å². The van der Waals surface area contributed by atoms with Crippen molar-refractivity contribution in [2.24, 2.45) is 17.6 Å². The van der Waals surface area contributed by atoms with Crippen LogP contribution in [0.1, 0.15) is 38.2 Å². The molecule has 3 unspecified atom stereocenters. The van der Waals surface area contributed by atoms with E-state index in [-0.39, 0.29) is 16.7 Å². The van der Waals surface area contributed by atoms with Crippen molar-refractivity contribution >= 4 is 21.6 Å². The highest BCUT2D eigenvalue weighted by Gasteiger charge is 2.29. The Morgan fingerprint density at radius 3 is 2.85 bits per heavy atom. The largest absolute Gasteiger partial charge is 0.327 e. The zero-order valence-electron chi connectivity index (χ0n) is 11.7. The van der Waals surface area contributed by atoms with Gasteiger partial charge in [-0.25, -0.2) is 0 Å². The van der Waals surface area contributed by atoms with E-state index in [1.165, 1.54) is 12.8 Å². The van der Waals surface area contributed by atoms with Crippen LogP contribution in [0, 0.1) is 22.0 Å². The van der Waals surface area contributed by atoms with Crippen LogP contribution in [0.2, 0.25) is 0 Å². The molecule has 1 saturated carbocycles. The number of nitro groups is 1. The molecule has 0 aromatic heterocycles. The van der Waals surface area contributed by atoms with Crippen LogP contribution in [0.4, 0.5) is 5.69 Å². The van der Waals surface area contributed by atoms with Gasteiger partial charge in [-0.15, -0.1) is 0 Å². The number of benzene rings is 1. The molecule has 0 aliphatic heterocycles. The summed E-state index contributed by atoms with van der Waals surface area (Å²) in [4.78, 5) is 10.9. The van der Waals surface area contributed by atoms with Crippen molar-refractivity contribution in [3.05, 3.63) is 38.3 Å². The second-order valence-corrected chi connectivity index (χ2v) is 6.66. The molecule has 0 saturated heterocycles. The molecule has 0 bridgehead atoms. The van der Waals surface area contributed by atoms with Crippen LogP contribution in [-0.2, 0) is 6.42 Å². The first kappa shape index (κ1) is 15.4. The van der Waals surface area contributed by atoms with Gasteiger partial charge in [-0.2, -0.15) is 0 Å². The first-order valence-corrected chi connectivity index (χ1v) is 7.99. The lowest BCUT2D eigenvalue weighted by atomic mass is 9.75. The second kappa shape index (κ2) is 6.68. The van der Waals surface area contributed by atoms with E-state index in [2.05, 4.69) is 22.9 Å². The van der Waals surface area contributed by atoms with Gasteiger partial charge in [0, 0.05) is 22.1 Å². The Morgan fingerprint density at radius 1 is 1.45 bits per heavy atom. The average molecular weight is 341 g/mol. The lowest BCUT2D eigenvalue weighted by molar-refractivity contribution is -0.385. The minimum atomic E-state index is -0.300. The highest BCUT2D eigenvalue weighted by Crippen LogP contribution is 2.34. The highest BCUT2D eigenvalue weighted by molar-refractivity contribution is 9.10. The Kier molecular flexibility index (Phi) is 5.16. The van der Waals surface area contributed by atoms with Gasteiger partial charge < -0.3 is 5.73 Å². The average Bonchev–Trinajstić information content (AvgIpc) is 2.42. The van der Waals surface area contributed by atoms with Crippen molar-refractivity contribution < 1.29 is 4.92 Å². The smallest absolute Gasteiger partial charge is 0.273 e. The molecule has 0 radical (unpaired) electrons. The van der Waals surface area contributed by atoms with E-state index in [9.17, 15) is 10.1 Å². The van der Waals surface area contributed by atoms with Crippen LogP contribution < -0.4 is 5.73 Å². The molecule has 0 amide bonds. The van der Waals surface area contributed by atoms with E-state index in [4.69, 9.17) is 5.73 Å². The summed E-state index contributed by atoms with van der Waals surface area (Å²) in [6, 6.07) is 5.47. The lowest BCUT2D eigenvalue weighted by Crippen LogP contribution is -2.37. The number of rotatable bonds is 4. The van der Waals surface area contributed by atoms with E-state index in [1.54, 1.807) is 6.07 Å². The van der Waals surface area contributed by atoms with Crippen LogP contribution in [-0.4, -0.2) is 11.0 Å². The lowest BCUT2D eigenvalue weighted by Gasteiger charge is -2.33. The Hall–Kier alpha value is -0.940. The first-order chi connectivity index (χ1) is 9.51. The van der Waals surface area contributed by atoms with Gasteiger partial charge in [0.2, 0.25) is 0 Å². The molecule has 1 aromatic rings. The van der Waals surface area contributed by atoms with Gasteiger partial charge in [-0.3, -0.25) is 10.1 Å². The summed E-state index contributed by atoms with van der Waals surface area (Å²) in [5, 5.41) is 11.2. The molecule has 2 N–H and O–H groups in total. The minimum absolute atomic E-state index is 0.168. The maximum atomic E-state index is 11.2. The molecule has 2 rings (SSSR count). The fourth-order valence-electron chi connectivity index (χ4n) is 3.15. The van der Waals surface area contributed by atoms with Crippen molar-refractivity contribution in [1.29, 1.82) is 0 Å². The van der Waals surface area contributed by atoms with Gasteiger partial charge >= 0.3 is 0 Å². The summed E-state index contributed by atoms with van der Waals surface area (Å²) in [6.45, 7) is 2.21. The third kappa shape index (κ3) is 3.58. The van der Waals surface area contributed by atoms with E-state index in [0.717, 1.165) is 22.9 Å². The fourth-order valence-corrected chi connectivity index (χ4v) is 3.50. The Bertz CT molecular complexity index is 493. The summed E-state index contributed by atoms with van der Waals surface area (Å²) < 4.78 is 0.743. The Morgan fingerprint density at radius 2 is 2.20 bits per heavy atom. The molecule has 1 aliphatic carbocycles. The van der Waals surface area contributed by atoms with Crippen LogP contribution in [0.15, 0.2) is 22.7 Å². The molecule has 1 aromatic carbocycles. The van der Waals surface area contributed by atoms with Crippen LogP contribution >= 0.6 is 15.9 Å². The van der Waals surface area contributed by atoms with Crippen molar-refractivity contribution in [2.75, 3.05) is 0 Å². The van der Waals surface area contributed by atoms with Crippen LogP contribution in [0.3, 0.4) is 0 Å². The van der Waals surface area contributed by atoms with Gasteiger partial charge in [0.05, 0.1) is 4.92 Å². The monoisotopic (exact) mass is 340 g/mol. The van der Waals surface area contributed by atoms with Gasteiger partial charge in [-0.05, 0) is 43.6 Å². The van der Waals surface area contributed by atoms with E-state index < -0.39 is 0 Å². The molecule has 3 atom stereocenters. The number of hydrogen-bond acceptors (Lipinski definition) is 3. The highest BCUT2D eigenvalue weighted by atomic mass is 79.9. The maximum Gasteiger partial charge on any atom is 0.273 e. The molecule has 1 fully saturated rings. The Labute approximate surface area is 128 Å². The van der Waals surface area contributed by atoms with Crippen LogP contribution in [0.5, 0.6) is 0 Å². The minimum Gasteiger partial charge on any atom is -0.327 e. The molecule has 0 spiro atoms. The number of hydrogen-bond donors (Lipinski definition) is 1. The normalized spacial score (nSPS) is 26.4. The molecular formula is C15H21BrN2O2. The number of nitrogens with two attached hydrogens (primary N) is 1. The van der Waals surface area contributed by atoms with Crippen molar-refractivity contribution in [1.82, 2.24) is 0 Å².